The molecule has 0 unspecified atom stereocenters. The Labute approximate surface area is 116 Å². The molecule has 0 radical (unpaired) electrons. The lowest BCUT2D eigenvalue weighted by molar-refractivity contribution is 0.0600. The van der Waals surface area contributed by atoms with Gasteiger partial charge in [0.2, 0.25) is 0 Å². The molecule has 5 heteroatoms. The molecular formula is C15H14N2O3. The number of methoxy groups -OCH3 is 1. The second-order valence-corrected chi connectivity index (χ2v) is 4.11. The van der Waals surface area contributed by atoms with E-state index in [4.69, 9.17) is 5.73 Å². The van der Waals surface area contributed by atoms with Crippen LogP contribution in [0.3, 0.4) is 0 Å². The van der Waals surface area contributed by atoms with Crippen LogP contribution < -0.4 is 11.1 Å². The maximum Gasteiger partial charge on any atom is 0.337 e. The van der Waals surface area contributed by atoms with Crippen LogP contribution in [-0.4, -0.2) is 19.0 Å². The normalized spacial score (nSPS) is 9.85. The first-order chi connectivity index (χ1) is 9.61. The minimum Gasteiger partial charge on any atom is -0.465 e. The van der Waals surface area contributed by atoms with Gasteiger partial charge in [0.05, 0.1) is 24.0 Å². The Hall–Kier alpha value is -2.82. The first-order valence-corrected chi connectivity index (χ1v) is 5.96. The van der Waals surface area contributed by atoms with E-state index in [2.05, 4.69) is 10.1 Å². The molecule has 0 spiro atoms. The molecule has 102 valence electrons. The molecule has 0 saturated carbocycles. The van der Waals surface area contributed by atoms with E-state index in [0.29, 0.717) is 22.5 Å². The molecule has 0 aliphatic carbocycles. The number of rotatable bonds is 3. The van der Waals surface area contributed by atoms with Crippen LogP contribution in [0.5, 0.6) is 0 Å². The van der Waals surface area contributed by atoms with Gasteiger partial charge in [0.25, 0.3) is 5.91 Å². The fourth-order valence-corrected chi connectivity index (χ4v) is 1.69. The van der Waals surface area contributed by atoms with Crippen molar-refractivity contribution < 1.29 is 14.3 Å². The fraction of sp³-hybridized carbons (Fsp3) is 0.0667. The Morgan fingerprint density at radius 2 is 1.75 bits per heavy atom. The number of ether oxygens (including phenoxy) is 1. The molecule has 0 saturated heterocycles. The number of anilines is 2. The monoisotopic (exact) mass is 270 g/mol. The summed E-state index contributed by atoms with van der Waals surface area (Å²) in [5.74, 6) is -0.778. The summed E-state index contributed by atoms with van der Waals surface area (Å²) in [5.41, 5.74) is 7.38. The predicted octanol–water partition coefficient (Wildman–Crippen LogP) is 2.31. The number of carbonyl (C=O) groups is 2. The zero-order valence-corrected chi connectivity index (χ0v) is 10.9. The molecular weight excluding hydrogens is 256 g/mol. The molecule has 0 atom stereocenters. The van der Waals surface area contributed by atoms with Crippen molar-refractivity contribution in [3.05, 3.63) is 59.7 Å². The average molecular weight is 270 g/mol. The van der Waals surface area contributed by atoms with E-state index in [0.717, 1.165) is 0 Å². The quantitative estimate of drug-likeness (QED) is 0.662. The maximum absolute atomic E-state index is 12.0. The molecule has 0 aliphatic heterocycles. The number of esters is 1. The van der Waals surface area contributed by atoms with Gasteiger partial charge in [-0.3, -0.25) is 4.79 Å². The number of hydrogen-bond donors (Lipinski definition) is 2. The molecule has 1 amide bonds. The standard InChI is InChI=1S/C15H14N2O3/c1-20-15(19)11-7-8-12(16)13(9-11)17-14(18)10-5-3-2-4-6-10/h2-9H,16H2,1H3,(H,17,18). The highest BCUT2D eigenvalue weighted by molar-refractivity contribution is 6.06. The van der Waals surface area contributed by atoms with Crippen LogP contribution in [0.25, 0.3) is 0 Å². The minimum atomic E-state index is -0.486. The second kappa shape index (κ2) is 5.88. The van der Waals surface area contributed by atoms with Crippen LogP contribution in [0.4, 0.5) is 11.4 Å². The highest BCUT2D eigenvalue weighted by atomic mass is 16.5. The molecule has 0 aliphatic rings. The van der Waals surface area contributed by atoms with Gasteiger partial charge in [-0.05, 0) is 30.3 Å². The molecule has 0 bridgehead atoms. The highest BCUT2D eigenvalue weighted by Crippen LogP contribution is 2.21. The van der Waals surface area contributed by atoms with Gasteiger partial charge in [0.15, 0.2) is 0 Å². The number of nitrogens with one attached hydrogen (secondary N) is 1. The van der Waals surface area contributed by atoms with Crippen molar-refractivity contribution in [2.75, 3.05) is 18.2 Å². The van der Waals surface area contributed by atoms with Gasteiger partial charge in [-0.15, -0.1) is 0 Å². The van der Waals surface area contributed by atoms with E-state index in [1.807, 2.05) is 6.07 Å². The summed E-state index contributed by atoms with van der Waals surface area (Å²) in [4.78, 5) is 23.5. The topological polar surface area (TPSA) is 81.4 Å². The molecule has 2 rings (SSSR count). The van der Waals surface area contributed by atoms with E-state index >= 15 is 0 Å². The van der Waals surface area contributed by atoms with Crippen LogP contribution in [0.2, 0.25) is 0 Å². The highest BCUT2D eigenvalue weighted by Gasteiger charge is 2.11. The smallest absolute Gasteiger partial charge is 0.337 e. The summed E-state index contributed by atoms with van der Waals surface area (Å²) in [5, 5.41) is 2.67. The lowest BCUT2D eigenvalue weighted by atomic mass is 10.1. The zero-order valence-electron chi connectivity index (χ0n) is 10.9. The van der Waals surface area contributed by atoms with Crippen molar-refractivity contribution in [2.24, 2.45) is 0 Å². The number of hydrogen-bond acceptors (Lipinski definition) is 4. The summed E-state index contributed by atoms with van der Waals surface area (Å²) < 4.78 is 4.63. The van der Waals surface area contributed by atoms with E-state index in [1.54, 1.807) is 36.4 Å². The summed E-state index contributed by atoms with van der Waals surface area (Å²) >= 11 is 0. The van der Waals surface area contributed by atoms with Crippen LogP contribution in [0.1, 0.15) is 20.7 Å². The summed E-state index contributed by atoms with van der Waals surface area (Å²) in [7, 11) is 1.29. The SMILES string of the molecule is COC(=O)c1ccc(N)c(NC(=O)c2ccccc2)c1. The lowest BCUT2D eigenvalue weighted by Gasteiger charge is -2.09. The first-order valence-electron chi connectivity index (χ1n) is 5.96. The van der Waals surface area contributed by atoms with Crippen molar-refractivity contribution in [1.29, 1.82) is 0 Å². The lowest BCUT2D eigenvalue weighted by Crippen LogP contribution is -2.14. The molecule has 0 aromatic heterocycles. The minimum absolute atomic E-state index is 0.292. The van der Waals surface area contributed by atoms with Crippen molar-refractivity contribution in [3.63, 3.8) is 0 Å². The molecule has 2 aromatic carbocycles. The van der Waals surface area contributed by atoms with E-state index in [-0.39, 0.29) is 5.91 Å². The van der Waals surface area contributed by atoms with Gasteiger partial charge < -0.3 is 15.8 Å². The number of nitrogens with two attached hydrogens (primary N) is 1. The molecule has 0 fully saturated rings. The summed E-state index contributed by atoms with van der Waals surface area (Å²) in [6.45, 7) is 0. The molecule has 5 nitrogen and oxygen atoms in total. The molecule has 2 aromatic rings. The van der Waals surface area contributed by atoms with Crippen LogP contribution in [0, 0.1) is 0 Å². The van der Waals surface area contributed by atoms with Crippen molar-refractivity contribution in [3.8, 4) is 0 Å². The van der Waals surface area contributed by atoms with Crippen molar-refractivity contribution in [1.82, 2.24) is 0 Å². The Bertz CT molecular complexity index is 639. The van der Waals surface area contributed by atoms with Gasteiger partial charge in [0.1, 0.15) is 0 Å². The van der Waals surface area contributed by atoms with Crippen LogP contribution >= 0.6 is 0 Å². The largest absolute Gasteiger partial charge is 0.465 e. The molecule has 20 heavy (non-hydrogen) atoms. The number of nitrogen functional groups attached to an aromatic ring is 1. The number of amides is 1. The third-order valence-electron chi connectivity index (χ3n) is 2.76. The second-order valence-electron chi connectivity index (χ2n) is 4.11. The molecule has 0 heterocycles. The average Bonchev–Trinajstić information content (AvgIpc) is 2.49. The third kappa shape index (κ3) is 2.95. The summed E-state index contributed by atoms with van der Waals surface area (Å²) in [6, 6.07) is 13.3. The predicted molar refractivity (Wildman–Crippen MR) is 76.6 cm³/mol. The number of benzene rings is 2. The fourth-order valence-electron chi connectivity index (χ4n) is 1.69. The van der Waals surface area contributed by atoms with Gasteiger partial charge in [-0.25, -0.2) is 4.79 Å². The van der Waals surface area contributed by atoms with Gasteiger partial charge in [-0.2, -0.15) is 0 Å². The summed E-state index contributed by atoms with van der Waals surface area (Å²) in [6.07, 6.45) is 0. The van der Waals surface area contributed by atoms with Crippen LogP contribution in [-0.2, 0) is 4.74 Å². The zero-order chi connectivity index (χ0) is 14.5. The maximum atomic E-state index is 12.0. The van der Waals surface area contributed by atoms with E-state index < -0.39 is 5.97 Å². The van der Waals surface area contributed by atoms with Crippen molar-refractivity contribution in [2.45, 2.75) is 0 Å². The van der Waals surface area contributed by atoms with Crippen molar-refractivity contribution >= 4 is 23.3 Å². The van der Waals surface area contributed by atoms with Crippen LogP contribution in [0.15, 0.2) is 48.5 Å². The number of carbonyl (C=O) groups excluding carboxylic acids is 2. The van der Waals surface area contributed by atoms with E-state index in [1.165, 1.54) is 13.2 Å². The Kier molecular flexibility index (Phi) is 4.00. The Morgan fingerprint density at radius 3 is 2.40 bits per heavy atom. The van der Waals surface area contributed by atoms with E-state index in [9.17, 15) is 9.59 Å². The Balaban J connectivity index is 2.25. The van der Waals surface area contributed by atoms with Gasteiger partial charge in [0, 0.05) is 5.56 Å². The Morgan fingerprint density at radius 1 is 1.05 bits per heavy atom. The third-order valence-corrected chi connectivity index (χ3v) is 2.76. The first kappa shape index (κ1) is 13.6. The van der Waals surface area contributed by atoms with Gasteiger partial charge >= 0.3 is 5.97 Å². The van der Waals surface area contributed by atoms with Gasteiger partial charge in [-0.1, -0.05) is 18.2 Å². The molecule has 3 N–H and O–H groups in total.